The minimum absolute atomic E-state index is 0.0382. The molecule has 0 unspecified atom stereocenters. The summed E-state index contributed by atoms with van der Waals surface area (Å²) in [4.78, 5) is 27.6. The molecule has 6 nitrogen and oxygen atoms in total. The Hall–Kier alpha value is -2.81. The highest BCUT2D eigenvalue weighted by molar-refractivity contribution is 6.31. The molecule has 0 spiro atoms. The number of fused-ring (bicyclic) bond motifs is 1. The van der Waals surface area contributed by atoms with E-state index in [1.54, 1.807) is 6.07 Å². The zero-order valence-electron chi connectivity index (χ0n) is 19.7. The van der Waals surface area contributed by atoms with E-state index in [4.69, 9.17) is 17.3 Å². The van der Waals surface area contributed by atoms with E-state index >= 15 is 0 Å². The van der Waals surface area contributed by atoms with Gasteiger partial charge in [0.25, 0.3) is 0 Å². The molecule has 190 valence electrons. The van der Waals surface area contributed by atoms with Gasteiger partial charge in [-0.3, -0.25) is 9.59 Å². The van der Waals surface area contributed by atoms with Crippen molar-refractivity contribution in [2.75, 3.05) is 5.32 Å². The van der Waals surface area contributed by atoms with E-state index in [0.29, 0.717) is 47.4 Å². The Morgan fingerprint density at radius 3 is 2.40 bits per heavy atom. The van der Waals surface area contributed by atoms with E-state index in [1.807, 2.05) is 19.9 Å². The molecule has 1 aliphatic rings. The van der Waals surface area contributed by atoms with Crippen molar-refractivity contribution in [3.8, 4) is 0 Å². The van der Waals surface area contributed by atoms with Crippen LogP contribution in [0.5, 0.6) is 0 Å². The number of benzene rings is 1. The molecule has 1 fully saturated rings. The quantitative estimate of drug-likeness (QED) is 0.403. The van der Waals surface area contributed by atoms with Gasteiger partial charge in [0.05, 0.1) is 5.52 Å². The van der Waals surface area contributed by atoms with Crippen LogP contribution >= 0.6 is 11.6 Å². The van der Waals surface area contributed by atoms with Crippen molar-refractivity contribution in [2.45, 2.75) is 70.6 Å². The average molecular weight is 511 g/mol. The SMILES string of the molecule is CC(C)/C=C(\CC(N)=O)CC(=O)NC1CCC(Nc2cc(C(F)(F)F)nc3ccc(Cl)cc23)CC1. The maximum absolute atomic E-state index is 13.4. The van der Waals surface area contributed by atoms with Crippen LogP contribution in [-0.4, -0.2) is 28.9 Å². The molecular formula is C25H30ClF3N4O2. The van der Waals surface area contributed by atoms with Crippen molar-refractivity contribution in [2.24, 2.45) is 11.7 Å². The highest BCUT2D eigenvalue weighted by atomic mass is 35.5. The normalized spacial score (nSPS) is 19.1. The molecule has 2 aromatic rings. The number of nitrogens with two attached hydrogens (primary N) is 1. The minimum atomic E-state index is -4.57. The van der Waals surface area contributed by atoms with Crippen molar-refractivity contribution >= 4 is 40.0 Å². The van der Waals surface area contributed by atoms with Gasteiger partial charge in [-0.05, 0) is 55.9 Å². The number of nitrogens with one attached hydrogen (secondary N) is 2. The first kappa shape index (κ1) is 26.8. The molecule has 2 amide bonds. The number of alkyl halides is 3. The second-order valence-electron chi connectivity index (χ2n) is 9.36. The summed E-state index contributed by atoms with van der Waals surface area (Å²) < 4.78 is 40.1. The molecular weight excluding hydrogens is 481 g/mol. The third-order valence-corrected chi connectivity index (χ3v) is 6.11. The molecule has 0 atom stereocenters. The number of allylic oxidation sites excluding steroid dienone is 1. The molecule has 4 N–H and O–H groups in total. The average Bonchev–Trinajstić information content (AvgIpc) is 2.73. The summed E-state index contributed by atoms with van der Waals surface area (Å²) in [6.07, 6.45) is 0.181. The Morgan fingerprint density at radius 2 is 1.80 bits per heavy atom. The first-order valence-corrected chi connectivity index (χ1v) is 12.0. The maximum Gasteiger partial charge on any atom is 0.433 e. The van der Waals surface area contributed by atoms with Crippen molar-refractivity contribution in [1.29, 1.82) is 0 Å². The molecule has 0 radical (unpaired) electrons. The smallest absolute Gasteiger partial charge is 0.382 e. The fourth-order valence-electron chi connectivity index (χ4n) is 4.43. The zero-order chi connectivity index (χ0) is 25.8. The lowest BCUT2D eigenvalue weighted by molar-refractivity contribution is -0.141. The lowest BCUT2D eigenvalue weighted by atomic mass is 9.90. The predicted molar refractivity (Wildman–Crippen MR) is 131 cm³/mol. The Bertz CT molecular complexity index is 1110. The summed E-state index contributed by atoms with van der Waals surface area (Å²) in [5.41, 5.74) is 5.59. The first-order chi connectivity index (χ1) is 16.4. The molecule has 0 saturated heterocycles. The van der Waals surface area contributed by atoms with E-state index < -0.39 is 17.8 Å². The van der Waals surface area contributed by atoms with Crippen LogP contribution in [0.3, 0.4) is 0 Å². The number of primary amides is 1. The number of rotatable bonds is 8. The summed E-state index contributed by atoms with van der Waals surface area (Å²) in [5, 5.41) is 7.19. The summed E-state index contributed by atoms with van der Waals surface area (Å²) >= 11 is 6.07. The van der Waals surface area contributed by atoms with Crippen LogP contribution in [0.15, 0.2) is 35.9 Å². The Balaban J connectivity index is 1.63. The summed E-state index contributed by atoms with van der Waals surface area (Å²) in [5.74, 6) is -0.454. The summed E-state index contributed by atoms with van der Waals surface area (Å²) in [6.45, 7) is 3.93. The Labute approximate surface area is 207 Å². The topological polar surface area (TPSA) is 97.1 Å². The van der Waals surface area contributed by atoms with E-state index in [1.165, 1.54) is 12.1 Å². The fraction of sp³-hybridized carbons (Fsp3) is 0.480. The van der Waals surface area contributed by atoms with E-state index in [-0.39, 0.29) is 42.3 Å². The molecule has 0 bridgehead atoms. The van der Waals surface area contributed by atoms with Crippen molar-refractivity contribution in [3.63, 3.8) is 0 Å². The molecule has 35 heavy (non-hydrogen) atoms. The Kier molecular flexibility index (Phi) is 8.64. The van der Waals surface area contributed by atoms with Gasteiger partial charge in [-0.2, -0.15) is 13.2 Å². The standard InChI is InChI=1S/C25H30ClF3N4O2/c1-14(2)9-15(10-23(30)34)11-24(35)32-18-6-4-17(5-7-18)31-21-13-22(25(27,28)29)33-20-8-3-16(26)12-19(20)21/h3,8-9,12-14,17-18H,4-7,10-11H2,1-2H3,(H2,30,34)(H,31,33)(H,32,35)/b15-9+. The van der Waals surface area contributed by atoms with Crippen LogP contribution in [0.4, 0.5) is 18.9 Å². The third-order valence-electron chi connectivity index (χ3n) is 5.87. The lowest BCUT2D eigenvalue weighted by Crippen LogP contribution is -2.40. The van der Waals surface area contributed by atoms with Gasteiger partial charge in [-0.15, -0.1) is 0 Å². The first-order valence-electron chi connectivity index (χ1n) is 11.6. The van der Waals surface area contributed by atoms with Crippen LogP contribution in [0.2, 0.25) is 5.02 Å². The maximum atomic E-state index is 13.4. The number of nitrogens with zero attached hydrogens (tertiary/aromatic N) is 1. The largest absolute Gasteiger partial charge is 0.433 e. The van der Waals surface area contributed by atoms with Gasteiger partial charge in [0.2, 0.25) is 11.8 Å². The number of hydrogen-bond acceptors (Lipinski definition) is 4. The van der Waals surface area contributed by atoms with Crippen molar-refractivity contribution < 1.29 is 22.8 Å². The number of hydrogen-bond donors (Lipinski definition) is 3. The molecule has 1 aromatic carbocycles. The molecule has 10 heteroatoms. The van der Waals surface area contributed by atoms with Gasteiger partial charge in [-0.25, -0.2) is 4.98 Å². The second-order valence-corrected chi connectivity index (χ2v) is 9.80. The molecule has 1 aliphatic carbocycles. The number of aromatic nitrogens is 1. The number of anilines is 1. The second kappa shape index (κ2) is 11.3. The van der Waals surface area contributed by atoms with Crippen LogP contribution in [0.25, 0.3) is 10.9 Å². The number of amides is 2. The number of carbonyl (C=O) groups excluding carboxylic acids is 2. The third kappa shape index (κ3) is 7.85. The fourth-order valence-corrected chi connectivity index (χ4v) is 4.60. The highest BCUT2D eigenvalue weighted by Gasteiger charge is 2.34. The van der Waals surface area contributed by atoms with Gasteiger partial charge in [-0.1, -0.05) is 37.1 Å². The number of carbonyl (C=O) groups is 2. The molecule has 1 aromatic heterocycles. The zero-order valence-corrected chi connectivity index (χ0v) is 20.5. The monoisotopic (exact) mass is 510 g/mol. The van der Waals surface area contributed by atoms with Crippen LogP contribution in [-0.2, 0) is 15.8 Å². The lowest BCUT2D eigenvalue weighted by Gasteiger charge is -2.31. The van der Waals surface area contributed by atoms with Crippen LogP contribution < -0.4 is 16.4 Å². The minimum Gasteiger partial charge on any atom is -0.382 e. The molecule has 3 rings (SSSR count). The van der Waals surface area contributed by atoms with E-state index in [2.05, 4.69) is 15.6 Å². The van der Waals surface area contributed by atoms with Gasteiger partial charge in [0.1, 0.15) is 5.69 Å². The summed E-state index contributed by atoms with van der Waals surface area (Å²) in [6, 6.07) is 5.52. The van der Waals surface area contributed by atoms with E-state index in [0.717, 1.165) is 6.07 Å². The van der Waals surface area contributed by atoms with Gasteiger partial charge in [0.15, 0.2) is 0 Å². The molecule has 1 heterocycles. The molecule has 1 saturated carbocycles. The van der Waals surface area contributed by atoms with E-state index in [9.17, 15) is 22.8 Å². The van der Waals surface area contributed by atoms with Crippen LogP contribution in [0.1, 0.15) is 58.1 Å². The van der Waals surface area contributed by atoms with Gasteiger partial charge in [0, 0.05) is 41.0 Å². The number of halogens is 4. The van der Waals surface area contributed by atoms with Crippen molar-refractivity contribution in [3.05, 3.63) is 46.6 Å². The highest BCUT2D eigenvalue weighted by Crippen LogP contribution is 2.35. The van der Waals surface area contributed by atoms with Crippen LogP contribution in [0, 0.1) is 5.92 Å². The van der Waals surface area contributed by atoms with Crippen molar-refractivity contribution in [1.82, 2.24) is 10.3 Å². The predicted octanol–water partition coefficient (Wildman–Crippen LogP) is 5.59. The molecule has 0 aliphatic heterocycles. The summed E-state index contributed by atoms with van der Waals surface area (Å²) in [7, 11) is 0. The van der Waals surface area contributed by atoms with Gasteiger partial charge >= 0.3 is 6.18 Å². The Morgan fingerprint density at radius 1 is 1.14 bits per heavy atom. The number of pyridine rings is 1. The van der Waals surface area contributed by atoms with Gasteiger partial charge < -0.3 is 16.4 Å².